The van der Waals surface area contributed by atoms with Gasteiger partial charge in [-0.15, -0.1) is 0 Å². The SMILES string of the molecule is CCC1CN(CC)CCN1C(C#N)c1cccc(C(F)(F)F)c1. The van der Waals surface area contributed by atoms with Crippen molar-refractivity contribution in [2.75, 3.05) is 26.2 Å². The van der Waals surface area contributed by atoms with E-state index in [2.05, 4.69) is 24.8 Å². The predicted octanol–water partition coefficient (Wildman–Crippen LogP) is 3.69. The molecule has 0 spiro atoms. The summed E-state index contributed by atoms with van der Waals surface area (Å²) in [6, 6.07) is 6.89. The molecule has 126 valence electrons. The molecule has 0 aliphatic carbocycles. The van der Waals surface area contributed by atoms with Gasteiger partial charge in [-0.1, -0.05) is 26.0 Å². The third kappa shape index (κ3) is 4.04. The first-order chi connectivity index (χ1) is 10.9. The van der Waals surface area contributed by atoms with Gasteiger partial charge in [0.25, 0.3) is 0 Å². The fraction of sp³-hybridized carbons (Fsp3) is 0.588. The second kappa shape index (κ2) is 7.33. The van der Waals surface area contributed by atoms with Gasteiger partial charge in [0.15, 0.2) is 0 Å². The molecule has 0 N–H and O–H groups in total. The normalized spacial score (nSPS) is 21.8. The lowest BCUT2D eigenvalue weighted by molar-refractivity contribution is -0.137. The summed E-state index contributed by atoms with van der Waals surface area (Å²) in [5.41, 5.74) is -0.277. The van der Waals surface area contributed by atoms with Crippen molar-refractivity contribution in [2.24, 2.45) is 0 Å². The van der Waals surface area contributed by atoms with Gasteiger partial charge in [0.2, 0.25) is 0 Å². The Bertz CT molecular complexity index is 565. The summed E-state index contributed by atoms with van der Waals surface area (Å²) in [6.07, 6.45) is -3.52. The van der Waals surface area contributed by atoms with Gasteiger partial charge < -0.3 is 4.90 Å². The molecule has 1 heterocycles. The zero-order chi connectivity index (χ0) is 17.0. The Morgan fingerprint density at radius 3 is 2.61 bits per heavy atom. The molecule has 1 saturated heterocycles. The maximum atomic E-state index is 12.9. The van der Waals surface area contributed by atoms with Crippen molar-refractivity contribution in [3.63, 3.8) is 0 Å². The highest BCUT2D eigenvalue weighted by Gasteiger charge is 2.34. The van der Waals surface area contributed by atoms with Gasteiger partial charge in [-0.3, -0.25) is 4.90 Å². The first-order valence-electron chi connectivity index (χ1n) is 7.95. The third-order valence-electron chi connectivity index (χ3n) is 4.51. The monoisotopic (exact) mass is 325 g/mol. The van der Waals surface area contributed by atoms with Crippen molar-refractivity contribution in [2.45, 2.75) is 38.5 Å². The minimum absolute atomic E-state index is 0.183. The van der Waals surface area contributed by atoms with Crippen LogP contribution in [0.4, 0.5) is 13.2 Å². The third-order valence-corrected chi connectivity index (χ3v) is 4.51. The molecule has 1 aliphatic heterocycles. The van der Waals surface area contributed by atoms with E-state index in [0.29, 0.717) is 12.1 Å². The average molecular weight is 325 g/mol. The van der Waals surface area contributed by atoms with Crippen LogP contribution in [0.3, 0.4) is 0 Å². The largest absolute Gasteiger partial charge is 0.416 e. The first kappa shape index (κ1) is 17.8. The van der Waals surface area contributed by atoms with Crippen LogP contribution in [0.25, 0.3) is 0 Å². The molecule has 3 nitrogen and oxygen atoms in total. The minimum Gasteiger partial charge on any atom is -0.301 e. The highest BCUT2D eigenvalue weighted by molar-refractivity contribution is 5.31. The number of benzene rings is 1. The maximum Gasteiger partial charge on any atom is 0.416 e. The Labute approximate surface area is 135 Å². The number of hydrogen-bond acceptors (Lipinski definition) is 3. The topological polar surface area (TPSA) is 30.3 Å². The molecule has 0 amide bonds. The molecule has 1 aliphatic rings. The minimum atomic E-state index is -4.39. The van der Waals surface area contributed by atoms with Crippen molar-refractivity contribution < 1.29 is 13.2 Å². The molecule has 0 radical (unpaired) electrons. The number of nitriles is 1. The van der Waals surface area contributed by atoms with Crippen molar-refractivity contribution in [1.82, 2.24) is 9.80 Å². The van der Waals surface area contributed by atoms with E-state index < -0.39 is 17.8 Å². The zero-order valence-electron chi connectivity index (χ0n) is 13.5. The van der Waals surface area contributed by atoms with Gasteiger partial charge in [-0.2, -0.15) is 18.4 Å². The Hall–Kier alpha value is -1.58. The summed E-state index contributed by atoms with van der Waals surface area (Å²) in [5.74, 6) is 0. The van der Waals surface area contributed by atoms with Crippen LogP contribution in [0.1, 0.15) is 37.4 Å². The van der Waals surface area contributed by atoms with Gasteiger partial charge in [-0.25, -0.2) is 0 Å². The number of nitrogens with zero attached hydrogens (tertiary/aromatic N) is 3. The first-order valence-corrected chi connectivity index (χ1v) is 7.95. The van der Waals surface area contributed by atoms with Crippen LogP contribution < -0.4 is 0 Å². The number of halogens is 3. The van der Waals surface area contributed by atoms with Gasteiger partial charge in [0.1, 0.15) is 6.04 Å². The zero-order valence-corrected chi connectivity index (χ0v) is 13.5. The lowest BCUT2D eigenvalue weighted by Gasteiger charge is -2.43. The van der Waals surface area contributed by atoms with Crippen LogP contribution in [-0.2, 0) is 6.18 Å². The number of piperazine rings is 1. The van der Waals surface area contributed by atoms with Gasteiger partial charge in [0, 0.05) is 25.7 Å². The molecule has 6 heteroatoms. The van der Waals surface area contributed by atoms with E-state index in [1.807, 2.05) is 4.90 Å². The summed E-state index contributed by atoms with van der Waals surface area (Å²) in [4.78, 5) is 4.35. The molecule has 0 bridgehead atoms. The lowest BCUT2D eigenvalue weighted by Crippen LogP contribution is -2.53. The average Bonchev–Trinajstić information content (AvgIpc) is 2.55. The molecule has 2 atom stereocenters. The van der Waals surface area contributed by atoms with Crippen LogP contribution in [0.15, 0.2) is 24.3 Å². The molecular formula is C17H22F3N3. The summed E-state index contributed by atoms with van der Waals surface area (Å²) in [6.45, 7) is 7.48. The van der Waals surface area contributed by atoms with E-state index >= 15 is 0 Å². The molecule has 1 aromatic carbocycles. The Kier molecular flexibility index (Phi) is 5.66. The summed E-state index contributed by atoms with van der Waals surface area (Å²) < 4.78 is 38.7. The second-order valence-electron chi connectivity index (χ2n) is 5.85. The molecule has 23 heavy (non-hydrogen) atoms. The van der Waals surface area contributed by atoms with Gasteiger partial charge in [0.05, 0.1) is 11.6 Å². The second-order valence-corrected chi connectivity index (χ2v) is 5.85. The van der Waals surface area contributed by atoms with Crippen LogP contribution in [0, 0.1) is 11.3 Å². The van der Waals surface area contributed by atoms with Crippen LogP contribution in [-0.4, -0.2) is 42.0 Å². The van der Waals surface area contributed by atoms with E-state index in [9.17, 15) is 18.4 Å². The van der Waals surface area contributed by atoms with Crippen molar-refractivity contribution in [3.8, 4) is 6.07 Å². The van der Waals surface area contributed by atoms with E-state index in [4.69, 9.17) is 0 Å². The summed E-state index contributed by atoms with van der Waals surface area (Å²) in [5, 5.41) is 9.58. The van der Waals surface area contributed by atoms with E-state index in [1.165, 1.54) is 6.07 Å². The molecule has 1 fully saturated rings. The van der Waals surface area contributed by atoms with Crippen LogP contribution in [0.2, 0.25) is 0 Å². The fourth-order valence-electron chi connectivity index (χ4n) is 3.15. The molecule has 2 rings (SSSR count). The van der Waals surface area contributed by atoms with Gasteiger partial charge in [-0.05, 0) is 30.7 Å². The highest BCUT2D eigenvalue weighted by atomic mass is 19.4. The summed E-state index contributed by atoms with van der Waals surface area (Å²) in [7, 11) is 0. The number of likely N-dealkylation sites (N-methyl/N-ethyl adjacent to an activating group) is 1. The molecule has 1 aromatic rings. The van der Waals surface area contributed by atoms with Crippen molar-refractivity contribution in [1.29, 1.82) is 5.26 Å². The molecular weight excluding hydrogens is 303 g/mol. The standard InChI is InChI=1S/C17H22F3N3/c1-3-15-12-22(4-2)8-9-23(15)16(11-21)13-6-5-7-14(10-13)17(18,19)20/h5-7,10,15-16H,3-4,8-9,12H2,1-2H3. The fourth-order valence-corrected chi connectivity index (χ4v) is 3.15. The number of hydrogen-bond donors (Lipinski definition) is 0. The summed E-state index contributed by atoms with van der Waals surface area (Å²) >= 11 is 0. The molecule has 2 unspecified atom stereocenters. The van der Waals surface area contributed by atoms with Crippen molar-refractivity contribution >= 4 is 0 Å². The Morgan fingerprint density at radius 1 is 1.30 bits per heavy atom. The Morgan fingerprint density at radius 2 is 2.04 bits per heavy atom. The van der Waals surface area contributed by atoms with E-state index in [0.717, 1.165) is 38.2 Å². The number of alkyl halides is 3. The van der Waals surface area contributed by atoms with E-state index in [1.54, 1.807) is 6.07 Å². The molecule has 0 saturated carbocycles. The van der Waals surface area contributed by atoms with Gasteiger partial charge >= 0.3 is 6.18 Å². The molecule has 0 aromatic heterocycles. The lowest BCUT2D eigenvalue weighted by atomic mass is 9.99. The highest BCUT2D eigenvalue weighted by Crippen LogP contribution is 2.33. The predicted molar refractivity (Wildman–Crippen MR) is 82.7 cm³/mol. The Balaban J connectivity index is 2.28. The van der Waals surface area contributed by atoms with Crippen molar-refractivity contribution in [3.05, 3.63) is 35.4 Å². The van der Waals surface area contributed by atoms with E-state index in [-0.39, 0.29) is 6.04 Å². The van der Waals surface area contributed by atoms with Crippen LogP contribution >= 0.6 is 0 Å². The van der Waals surface area contributed by atoms with Crippen LogP contribution in [0.5, 0.6) is 0 Å². The maximum absolute atomic E-state index is 12.9. The quantitative estimate of drug-likeness (QED) is 0.846. The smallest absolute Gasteiger partial charge is 0.301 e. The number of rotatable bonds is 4.